The normalized spacial score (nSPS) is 11.6. The van der Waals surface area contributed by atoms with E-state index >= 15 is 0 Å². The standard InChI is InChI=1S/C24H27N7/c1-5-18-10-7-11-19(26-18)14-31-15-22(29-30-31)21-13-20(27-23(25)28-21)16-8-6-9-17(12-16)24(2,3)4/h6-13,15H,5,14H2,1-4H3,(H2,25,27,28). The van der Waals surface area contributed by atoms with Crippen LogP contribution in [0.15, 0.2) is 54.7 Å². The molecular weight excluding hydrogens is 386 g/mol. The number of nitrogen functional groups attached to an aromatic ring is 1. The average molecular weight is 414 g/mol. The highest BCUT2D eigenvalue weighted by molar-refractivity contribution is 5.67. The van der Waals surface area contributed by atoms with E-state index in [4.69, 9.17) is 5.73 Å². The first kappa shape index (κ1) is 20.7. The molecule has 0 bridgehead atoms. The van der Waals surface area contributed by atoms with Gasteiger partial charge in [-0.3, -0.25) is 4.98 Å². The van der Waals surface area contributed by atoms with Crippen molar-refractivity contribution in [3.8, 4) is 22.6 Å². The Balaban J connectivity index is 1.64. The summed E-state index contributed by atoms with van der Waals surface area (Å²) in [7, 11) is 0. The molecule has 0 saturated heterocycles. The van der Waals surface area contributed by atoms with E-state index in [-0.39, 0.29) is 11.4 Å². The van der Waals surface area contributed by atoms with Crippen LogP contribution < -0.4 is 5.73 Å². The van der Waals surface area contributed by atoms with Gasteiger partial charge in [-0.05, 0) is 41.7 Å². The number of anilines is 1. The summed E-state index contributed by atoms with van der Waals surface area (Å²) >= 11 is 0. The van der Waals surface area contributed by atoms with Crippen LogP contribution in [0.2, 0.25) is 0 Å². The molecule has 0 aliphatic carbocycles. The topological polar surface area (TPSA) is 95.4 Å². The van der Waals surface area contributed by atoms with E-state index in [0.717, 1.165) is 29.1 Å². The number of hydrogen-bond acceptors (Lipinski definition) is 6. The van der Waals surface area contributed by atoms with Gasteiger partial charge in [-0.2, -0.15) is 0 Å². The molecule has 31 heavy (non-hydrogen) atoms. The van der Waals surface area contributed by atoms with Gasteiger partial charge in [-0.1, -0.05) is 57.2 Å². The number of benzene rings is 1. The third kappa shape index (κ3) is 4.77. The van der Waals surface area contributed by atoms with Crippen LogP contribution in [0.1, 0.15) is 44.6 Å². The van der Waals surface area contributed by atoms with E-state index < -0.39 is 0 Å². The quantitative estimate of drug-likeness (QED) is 0.524. The van der Waals surface area contributed by atoms with Crippen molar-refractivity contribution in [3.63, 3.8) is 0 Å². The second kappa shape index (κ2) is 8.26. The van der Waals surface area contributed by atoms with Crippen LogP contribution in [-0.4, -0.2) is 29.9 Å². The molecule has 0 atom stereocenters. The Morgan fingerprint density at radius 2 is 1.61 bits per heavy atom. The summed E-state index contributed by atoms with van der Waals surface area (Å²) < 4.78 is 1.76. The predicted molar refractivity (Wildman–Crippen MR) is 122 cm³/mol. The molecule has 3 aromatic heterocycles. The third-order valence-corrected chi connectivity index (χ3v) is 5.12. The van der Waals surface area contributed by atoms with Crippen molar-refractivity contribution in [2.24, 2.45) is 0 Å². The van der Waals surface area contributed by atoms with Gasteiger partial charge < -0.3 is 5.73 Å². The van der Waals surface area contributed by atoms with Crippen molar-refractivity contribution in [2.75, 3.05) is 5.73 Å². The Morgan fingerprint density at radius 1 is 0.871 bits per heavy atom. The molecular formula is C24H27N7. The molecule has 4 aromatic rings. The second-order valence-corrected chi connectivity index (χ2v) is 8.60. The van der Waals surface area contributed by atoms with Crippen LogP contribution in [0.5, 0.6) is 0 Å². The maximum absolute atomic E-state index is 6.03. The van der Waals surface area contributed by atoms with Crippen molar-refractivity contribution >= 4 is 5.95 Å². The fraction of sp³-hybridized carbons (Fsp3) is 0.292. The molecule has 2 N–H and O–H groups in total. The van der Waals surface area contributed by atoms with Crippen LogP contribution in [-0.2, 0) is 18.4 Å². The SMILES string of the molecule is CCc1cccc(Cn2cc(-c3cc(-c4cccc(C(C)(C)C)c4)nc(N)n3)nn2)n1. The van der Waals surface area contributed by atoms with Crippen molar-refractivity contribution in [1.82, 2.24) is 29.9 Å². The van der Waals surface area contributed by atoms with Crippen molar-refractivity contribution in [3.05, 3.63) is 71.7 Å². The van der Waals surface area contributed by atoms with Crippen molar-refractivity contribution in [1.29, 1.82) is 0 Å². The minimum absolute atomic E-state index is 0.0449. The second-order valence-electron chi connectivity index (χ2n) is 8.60. The number of pyridine rings is 1. The first-order valence-electron chi connectivity index (χ1n) is 10.4. The Bertz CT molecular complexity index is 1200. The maximum atomic E-state index is 6.03. The van der Waals surface area contributed by atoms with Gasteiger partial charge in [0.25, 0.3) is 0 Å². The highest BCUT2D eigenvalue weighted by Crippen LogP contribution is 2.28. The summed E-state index contributed by atoms with van der Waals surface area (Å²) in [4.78, 5) is 13.5. The van der Waals surface area contributed by atoms with Gasteiger partial charge in [-0.25, -0.2) is 14.6 Å². The van der Waals surface area contributed by atoms with Crippen LogP contribution >= 0.6 is 0 Å². The van der Waals surface area contributed by atoms with Gasteiger partial charge >= 0.3 is 0 Å². The minimum Gasteiger partial charge on any atom is -0.368 e. The molecule has 7 heteroatoms. The van der Waals surface area contributed by atoms with E-state index in [9.17, 15) is 0 Å². The monoisotopic (exact) mass is 413 g/mol. The summed E-state index contributed by atoms with van der Waals surface area (Å²) in [6.07, 6.45) is 2.76. The summed E-state index contributed by atoms with van der Waals surface area (Å²) in [5, 5.41) is 8.54. The van der Waals surface area contributed by atoms with Gasteiger partial charge in [0.05, 0.1) is 29.8 Å². The molecule has 0 aliphatic heterocycles. The van der Waals surface area contributed by atoms with E-state index in [1.54, 1.807) is 4.68 Å². The summed E-state index contributed by atoms with van der Waals surface area (Å²) in [5.41, 5.74) is 12.4. The molecule has 7 nitrogen and oxygen atoms in total. The third-order valence-electron chi connectivity index (χ3n) is 5.12. The van der Waals surface area contributed by atoms with Crippen LogP contribution in [0, 0.1) is 0 Å². The smallest absolute Gasteiger partial charge is 0.221 e. The number of nitrogens with zero attached hydrogens (tertiary/aromatic N) is 6. The van der Waals surface area contributed by atoms with E-state index in [1.165, 1.54) is 5.56 Å². The molecule has 0 amide bonds. The van der Waals surface area contributed by atoms with E-state index in [1.807, 2.05) is 42.6 Å². The molecule has 0 radical (unpaired) electrons. The lowest BCUT2D eigenvalue weighted by Gasteiger charge is -2.19. The van der Waals surface area contributed by atoms with Crippen LogP contribution in [0.4, 0.5) is 5.95 Å². The first-order chi connectivity index (χ1) is 14.8. The van der Waals surface area contributed by atoms with Crippen molar-refractivity contribution < 1.29 is 0 Å². The lowest BCUT2D eigenvalue weighted by atomic mass is 9.86. The highest BCUT2D eigenvalue weighted by atomic mass is 15.4. The maximum Gasteiger partial charge on any atom is 0.221 e. The molecule has 0 fully saturated rings. The van der Waals surface area contributed by atoms with Crippen LogP contribution in [0.25, 0.3) is 22.6 Å². The molecule has 0 aliphatic rings. The molecule has 0 spiro atoms. The molecule has 158 valence electrons. The Hall–Kier alpha value is -3.61. The predicted octanol–water partition coefficient (Wildman–Crippen LogP) is 4.29. The van der Waals surface area contributed by atoms with Gasteiger partial charge in [-0.15, -0.1) is 5.10 Å². The van der Waals surface area contributed by atoms with Gasteiger partial charge in [0.1, 0.15) is 5.69 Å². The number of hydrogen-bond donors (Lipinski definition) is 1. The van der Waals surface area contributed by atoms with Gasteiger partial charge in [0.2, 0.25) is 5.95 Å². The lowest BCUT2D eigenvalue weighted by molar-refractivity contribution is 0.590. The van der Waals surface area contributed by atoms with Crippen LogP contribution in [0.3, 0.4) is 0 Å². The summed E-state index contributed by atoms with van der Waals surface area (Å²) in [6.45, 7) is 9.20. The number of rotatable bonds is 5. The molecule has 0 unspecified atom stereocenters. The van der Waals surface area contributed by atoms with Crippen molar-refractivity contribution in [2.45, 2.75) is 46.1 Å². The summed E-state index contributed by atoms with van der Waals surface area (Å²) in [6, 6.07) is 16.3. The zero-order valence-electron chi connectivity index (χ0n) is 18.4. The largest absolute Gasteiger partial charge is 0.368 e. The zero-order chi connectivity index (χ0) is 22.0. The summed E-state index contributed by atoms with van der Waals surface area (Å²) in [5.74, 6) is 0.209. The molecule has 0 saturated carbocycles. The number of nitrogens with two attached hydrogens (primary N) is 1. The Morgan fingerprint density at radius 3 is 2.39 bits per heavy atom. The molecule has 4 rings (SSSR count). The Kier molecular flexibility index (Phi) is 5.50. The average Bonchev–Trinajstić information content (AvgIpc) is 3.21. The minimum atomic E-state index is 0.0449. The molecule has 1 aromatic carbocycles. The fourth-order valence-corrected chi connectivity index (χ4v) is 3.36. The number of aromatic nitrogens is 6. The first-order valence-corrected chi connectivity index (χ1v) is 10.4. The highest BCUT2D eigenvalue weighted by Gasteiger charge is 2.16. The van der Waals surface area contributed by atoms with E-state index in [0.29, 0.717) is 17.9 Å². The lowest BCUT2D eigenvalue weighted by Crippen LogP contribution is -2.10. The Labute approximate surface area is 182 Å². The van der Waals surface area contributed by atoms with E-state index in [2.05, 4.69) is 65.1 Å². The van der Waals surface area contributed by atoms with Gasteiger partial charge in [0.15, 0.2) is 0 Å². The molecule has 3 heterocycles. The zero-order valence-corrected chi connectivity index (χ0v) is 18.4. The number of aryl methyl sites for hydroxylation is 1. The van der Waals surface area contributed by atoms with Gasteiger partial charge in [0, 0.05) is 11.3 Å². The fourth-order valence-electron chi connectivity index (χ4n) is 3.36.